The van der Waals surface area contributed by atoms with Crippen molar-refractivity contribution >= 4 is 5.69 Å². The average Bonchev–Trinajstić information content (AvgIpc) is 2.47. The molecule has 1 fully saturated rings. The van der Waals surface area contributed by atoms with E-state index in [0.29, 0.717) is 0 Å². The fourth-order valence-corrected chi connectivity index (χ4v) is 2.62. The molecule has 1 aliphatic heterocycles. The van der Waals surface area contributed by atoms with Crippen LogP contribution in [-0.4, -0.2) is 67.6 Å². The van der Waals surface area contributed by atoms with Crippen molar-refractivity contribution in [2.45, 2.75) is 13.5 Å². The first kappa shape index (κ1) is 15.3. The number of nitrogen functional groups attached to an aromatic ring is 1. The topological polar surface area (TPSA) is 35.7 Å². The van der Waals surface area contributed by atoms with Crippen molar-refractivity contribution in [3.8, 4) is 0 Å². The Morgan fingerprint density at radius 2 is 1.85 bits per heavy atom. The Hall–Kier alpha value is -1.10. The SMILES string of the molecule is CCN(CCN1CCN(C)CC1)Cc1ccccc1N. The van der Waals surface area contributed by atoms with Crippen molar-refractivity contribution in [1.82, 2.24) is 14.7 Å². The monoisotopic (exact) mass is 276 g/mol. The second kappa shape index (κ2) is 7.62. The van der Waals surface area contributed by atoms with Crippen molar-refractivity contribution < 1.29 is 0 Å². The van der Waals surface area contributed by atoms with Crippen LogP contribution in [0.1, 0.15) is 12.5 Å². The summed E-state index contributed by atoms with van der Waals surface area (Å²) in [4.78, 5) is 7.44. The molecule has 0 aliphatic carbocycles. The molecule has 1 heterocycles. The first-order valence-electron chi connectivity index (χ1n) is 7.65. The minimum absolute atomic E-state index is 0.908. The number of hydrogen-bond donors (Lipinski definition) is 1. The highest BCUT2D eigenvalue weighted by atomic mass is 15.3. The molecule has 20 heavy (non-hydrogen) atoms. The molecule has 1 aromatic rings. The number of likely N-dealkylation sites (N-methyl/N-ethyl adjacent to an activating group) is 2. The van der Waals surface area contributed by atoms with E-state index in [4.69, 9.17) is 5.73 Å². The van der Waals surface area contributed by atoms with Crippen molar-refractivity contribution in [1.29, 1.82) is 0 Å². The van der Waals surface area contributed by atoms with Gasteiger partial charge in [0.2, 0.25) is 0 Å². The molecule has 4 nitrogen and oxygen atoms in total. The Labute approximate surface area is 123 Å². The van der Waals surface area contributed by atoms with E-state index >= 15 is 0 Å². The van der Waals surface area contributed by atoms with E-state index in [2.05, 4.69) is 40.8 Å². The zero-order chi connectivity index (χ0) is 14.4. The van der Waals surface area contributed by atoms with E-state index in [1.807, 2.05) is 12.1 Å². The van der Waals surface area contributed by atoms with Gasteiger partial charge < -0.3 is 10.6 Å². The second-order valence-corrected chi connectivity index (χ2v) is 5.71. The van der Waals surface area contributed by atoms with Gasteiger partial charge in [-0.1, -0.05) is 25.1 Å². The Balaban J connectivity index is 1.79. The standard InChI is InChI=1S/C16H28N4/c1-3-19(14-15-6-4-5-7-16(15)17)12-13-20-10-8-18(2)9-11-20/h4-7H,3,8-14,17H2,1-2H3. The van der Waals surface area contributed by atoms with Gasteiger partial charge in [0, 0.05) is 51.5 Å². The van der Waals surface area contributed by atoms with Crippen LogP contribution >= 0.6 is 0 Å². The quantitative estimate of drug-likeness (QED) is 0.795. The number of benzene rings is 1. The molecule has 2 N–H and O–H groups in total. The molecule has 1 saturated heterocycles. The highest BCUT2D eigenvalue weighted by Crippen LogP contribution is 2.13. The molecule has 1 aliphatic rings. The minimum Gasteiger partial charge on any atom is -0.398 e. The first-order chi connectivity index (χ1) is 9.69. The summed E-state index contributed by atoms with van der Waals surface area (Å²) in [5.41, 5.74) is 8.19. The lowest BCUT2D eigenvalue weighted by Gasteiger charge is -2.33. The lowest BCUT2D eigenvalue weighted by atomic mass is 10.1. The van der Waals surface area contributed by atoms with Gasteiger partial charge in [0.15, 0.2) is 0 Å². The highest BCUT2D eigenvalue weighted by Gasteiger charge is 2.14. The van der Waals surface area contributed by atoms with E-state index in [1.54, 1.807) is 0 Å². The highest BCUT2D eigenvalue weighted by molar-refractivity contribution is 5.46. The molecule has 0 radical (unpaired) electrons. The summed E-state index contributed by atoms with van der Waals surface area (Å²) >= 11 is 0. The van der Waals surface area contributed by atoms with Crippen LogP contribution in [0.25, 0.3) is 0 Å². The summed E-state index contributed by atoms with van der Waals surface area (Å²) in [6.45, 7) is 11.3. The van der Waals surface area contributed by atoms with E-state index in [1.165, 1.54) is 31.7 Å². The molecule has 0 atom stereocenters. The lowest BCUT2D eigenvalue weighted by molar-refractivity contribution is 0.135. The van der Waals surface area contributed by atoms with Gasteiger partial charge in [-0.3, -0.25) is 9.80 Å². The molecule has 0 spiro atoms. The number of piperazine rings is 1. The summed E-state index contributed by atoms with van der Waals surface area (Å²) in [5, 5.41) is 0. The molecule has 4 heteroatoms. The number of rotatable bonds is 6. The fourth-order valence-electron chi connectivity index (χ4n) is 2.62. The Morgan fingerprint density at radius 1 is 1.15 bits per heavy atom. The fraction of sp³-hybridized carbons (Fsp3) is 0.625. The normalized spacial score (nSPS) is 17.8. The van der Waals surface area contributed by atoms with Gasteiger partial charge in [0.05, 0.1) is 0 Å². The summed E-state index contributed by atoms with van der Waals surface area (Å²) in [7, 11) is 2.20. The molecular formula is C16H28N4. The molecule has 112 valence electrons. The lowest BCUT2D eigenvalue weighted by Crippen LogP contribution is -2.46. The first-order valence-corrected chi connectivity index (χ1v) is 7.65. The maximum Gasteiger partial charge on any atom is 0.0359 e. The summed E-state index contributed by atoms with van der Waals surface area (Å²) in [5.74, 6) is 0. The Kier molecular flexibility index (Phi) is 5.83. The molecular weight excluding hydrogens is 248 g/mol. The van der Waals surface area contributed by atoms with Gasteiger partial charge in [0.1, 0.15) is 0 Å². The number of hydrogen-bond acceptors (Lipinski definition) is 4. The summed E-state index contributed by atoms with van der Waals surface area (Å²) < 4.78 is 0. The summed E-state index contributed by atoms with van der Waals surface area (Å²) in [6, 6.07) is 8.19. The number of anilines is 1. The number of nitrogens with two attached hydrogens (primary N) is 1. The Morgan fingerprint density at radius 3 is 2.50 bits per heavy atom. The average molecular weight is 276 g/mol. The van der Waals surface area contributed by atoms with E-state index in [9.17, 15) is 0 Å². The van der Waals surface area contributed by atoms with Crippen LogP contribution in [0.4, 0.5) is 5.69 Å². The van der Waals surface area contributed by atoms with Crippen molar-refractivity contribution in [2.75, 3.05) is 58.6 Å². The van der Waals surface area contributed by atoms with Gasteiger partial charge >= 0.3 is 0 Å². The van der Waals surface area contributed by atoms with Gasteiger partial charge in [0.25, 0.3) is 0 Å². The molecule has 0 aromatic heterocycles. The van der Waals surface area contributed by atoms with Gasteiger partial charge in [-0.25, -0.2) is 0 Å². The van der Waals surface area contributed by atoms with Gasteiger partial charge in [-0.05, 0) is 25.2 Å². The van der Waals surface area contributed by atoms with Crippen LogP contribution in [0, 0.1) is 0 Å². The van der Waals surface area contributed by atoms with Crippen molar-refractivity contribution in [2.24, 2.45) is 0 Å². The van der Waals surface area contributed by atoms with Gasteiger partial charge in [-0.15, -0.1) is 0 Å². The molecule has 0 unspecified atom stereocenters. The number of nitrogens with zero attached hydrogens (tertiary/aromatic N) is 3. The zero-order valence-electron chi connectivity index (χ0n) is 12.9. The Bertz CT molecular complexity index is 399. The van der Waals surface area contributed by atoms with Crippen LogP contribution in [0.3, 0.4) is 0 Å². The zero-order valence-corrected chi connectivity index (χ0v) is 12.9. The molecule has 0 saturated carbocycles. The maximum atomic E-state index is 6.04. The third-order valence-corrected chi connectivity index (χ3v) is 4.22. The van der Waals surface area contributed by atoms with Crippen LogP contribution in [-0.2, 0) is 6.54 Å². The van der Waals surface area contributed by atoms with E-state index in [0.717, 1.165) is 31.9 Å². The third-order valence-electron chi connectivity index (χ3n) is 4.22. The van der Waals surface area contributed by atoms with Crippen LogP contribution in [0.15, 0.2) is 24.3 Å². The van der Waals surface area contributed by atoms with Crippen LogP contribution in [0.5, 0.6) is 0 Å². The van der Waals surface area contributed by atoms with Crippen molar-refractivity contribution in [3.05, 3.63) is 29.8 Å². The van der Waals surface area contributed by atoms with Crippen LogP contribution < -0.4 is 5.73 Å². The van der Waals surface area contributed by atoms with E-state index < -0.39 is 0 Å². The molecule has 0 amide bonds. The predicted octanol–water partition coefficient (Wildman–Crippen LogP) is 1.34. The maximum absolute atomic E-state index is 6.04. The second-order valence-electron chi connectivity index (χ2n) is 5.71. The molecule has 1 aromatic carbocycles. The minimum atomic E-state index is 0.908. The van der Waals surface area contributed by atoms with Gasteiger partial charge in [-0.2, -0.15) is 0 Å². The smallest absolute Gasteiger partial charge is 0.0359 e. The summed E-state index contributed by atoms with van der Waals surface area (Å²) in [6.07, 6.45) is 0. The number of para-hydroxylation sites is 1. The largest absolute Gasteiger partial charge is 0.398 e. The molecule has 0 bridgehead atoms. The van der Waals surface area contributed by atoms with E-state index in [-0.39, 0.29) is 0 Å². The predicted molar refractivity (Wildman–Crippen MR) is 85.7 cm³/mol. The molecule has 2 rings (SSSR count). The van der Waals surface area contributed by atoms with Crippen LogP contribution in [0.2, 0.25) is 0 Å². The van der Waals surface area contributed by atoms with Crippen molar-refractivity contribution in [3.63, 3.8) is 0 Å². The third kappa shape index (κ3) is 4.47.